The zero-order chi connectivity index (χ0) is 84.5. The molecule has 25 atom stereocenters. The molecule has 3 N–H and O–H groups in total. The summed E-state index contributed by atoms with van der Waals surface area (Å²) in [6, 6.07) is 85.9. The Morgan fingerprint density at radius 2 is 0.574 bits per heavy atom. The van der Waals surface area contributed by atoms with E-state index in [0.717, 1.165) is 50.1 Å². The third-order valence-electron chi connectivity index (χ3n) is 22.4. The first kappa shape index (κ1) is 89.4. The molecule has 5 aliphatic heterocycles. The minimum absolute atomic E-state index is 0.00676. The summed E-state index contributed by atoms with van der Waals surface area (Å²) in [6.45, 7) is 10.1. The lowest BCUT2D eigenvalue weighted by molar-refractivity contribution is -0.405. The predicted octanol–water partition coefficient (Wildman–Crippen LogP) is 13.0. The van der Waals surface area contributed by atoms with Gasteiger partial charge in [-0.3, -0.25) is 9.59 Å². The van der Waals surface area contributed by atoms with E-state index in [2.05, 4.69) is 5.32 Å². The van der Waals surface area contributed by atoms with Gasteiger partial charge in [-0.1, -0.05) is 273 Å². The summed E-state index contributed by atoms with van der Waals surface area (Å²) >= 11 is 0. The van der Waals surface area contributed by atoms with E-state index in [9.17, 15) is 19.8 Å². The van der Waals surface area contributed by atoms with E-state index in [-0.39, 0.29) is 66.1 Å². The molecule has 0 spiro atoms. The van der Waals surface area contributed by atoms with Crippen LogP contribution in [-0.4, -0.2) is 189 Å². The molecule has 24 nitrogen and oxygen atoms in total. The first-order chi connectivity index (χ1) is 59.7. The third-order valence-corrected chi connectivity index (χ3v) is 22.4. The zero-order valence-electron chi connectivity index (χ0n) is 69.7. The number of hydrogen-bond acceptors (Lipinski definition) is 23. The van der Waals surface area contributed by atoms with Gasteiger partial charge >= 0.3 is 5.97 Å². The number of aliphatic hydroxyl groups is 2. The Morgan fingerprint density at radius 1 is 0.295 bits per heavy atom. The smallest absolute Gasteiger partial charge is 0.303 e. The number of esters is 1. The normalized spacial score (nSPS) is 30.4. The van der Waals surface area contributed by atoms with E-state index < -0.39 is 172 Å². The maximum Gasteiger partial charge on any atom is 0.303 e. The van der Waals surface area contributed by atoms with Crippen LogP contribution >= 0.6 is 0 Å². The van der Waals surface area contributed by atoms with Crippen LogP contribution in [0.15, 0.2) is 273 Å². The summed E-state index contributed by atoms with van der Waals surface area (Å²) in [5.74, 6) is -1.34. The van der Waals surface area contributed by atoms with Gasteiger partial charge in [0.1, 0.15) is 97.6 Å². The Bertz CT molecular complexity index is 4510. The number of ether oxygens (including phenoxy) is 19. The number of benzene rings is 9. The molecule has 9 aromatic rings. The molecule has 9 aromatic carbocycles. The van der Waals surface area contributed by atoms with E-state index in [0.29, 0.717) is 0 Å². The first-order valence-electron chi connectivity index (χ1n) is 42.1. The van der Waals surface area contributed by atoms with Crippen LogP contribution in [0.5, 0.6) is 0 Å². The van der Waals surface area contributed by atoms with Crippen LogP contribution in [0.3, 0.4) is 0 Å². The van der Waals surface area contributed by atoms with Crippen molar-refractivity contribution in [2.45, 2.75) is 254 Å². The Kier molecular flexibility index (Phi) is 33.1. The summed E-state index contributed by atoms with van der Waals surface area (Å²) < 4.78 is 136. The van der Waals surface area contributed by atoms with Gasteiger partial charge in [0.2, 0.25) is 5.91 Å². The number of rotatable bonds is 39. The molecule has 1 amide bonds. The standard InChI is InChI=1S/C98H113NO23/c1-63-82(105-54-70-36-18-8-19-37-70)88(109-58-74-44-26-12-27-45-74)85(66(4)113-63)119-98-94(122-95-80(99-67(5)101)87(81(103)78(52-100)117-95)120-97-93(116-68(6)102)89(110-59-75-46-28-13-29-47-75)83(64(2)114-97)106-55-71-38-20-9-21-39-71)91(84(65(3)115-98)107-56-72-40-22-10-23-41-72)121-96-92(112-61-77-50-32-15-33-51-77)90(111-60-76-48-30-14-31-49-76)86(108-57-73-42-24-11-25-43-73)79(118-96)62-104-53-69-34-16-7-17-35-69/h7-51,63-66,78-98,100,103H,52-62H2,1-6H3,(H,99,101)/t63?,64?,65?,66-,78?,79+,80?,81-,82-,83-,84-,85?,86+,87+,88+,89+,90?,91+,92?,93?,94?,95-,96+,97-,98-/m0/s1. The summed E-state index contributed by atoms with van der Waals surface area (Å²) in [7, 11) is 0. The highest BCUT2D eigenvalue weighted by molar-refractivity contribution is 5.73. The molecule has 0 aliphatic carbocycles. The Balaban J connectivity index is 0.905. The van der Waals surface area contributed by atoms with E-state index in [1.54, 1.807) is 6.92 Å². The van der Waals surface area contributed by atoms with Crippen molar-refractivity contribution in [1.82, 2.24) is 5.32 Å². The van der Waals surface area contributed by atoms with Gasteiger partial charge in [0, 0.05) is 13.8 Å². The lowest BCUT2D eigenvalue weighted by Crippen LogP contribution is -2.71. The molecule has 14 rings (SSSR count). The predicted molar refractivity (Wildman–Crippen MR) is 448 cm³/mol. The summed E-state index contributed by atoms with van der Waals surface area (Å²) in [4.78, 5) is 28.1. The van der Waals surface area contributed by atoms with E-state index >= 15 is 0 Å². The molecule has 0 aromatic heterocycles. The fraction of sp³-hybridized carbons (Fsp3) is 0.429. The van der Waals surface area contributed by atoms with E-state index in [1.165, 1.54) is 13.8 Å². The number of amides is 1. The van der Waals surface area contributed by atoms with Crippen molar-refractivity contribution < 1.29 is 110 Å². The van der Waals surface area contributed by atoms with Crippen LogP contribution in [0.4, 0.5) is 0 Å². The highest BCUT2D eigenvalue weighted by atomic mass is 16.8. The van der Waals surface area contributed by atoms with Gasteiger partial charge in [0.25, 0.3) is 0 Å². The van der Waals surface area contributed by atoms with Crippen molar-refractivity contribution >= 4 is 11.9 Å². The second-order valence-electron chi connectivity index (χ2n) is 31.5. The molecule has 0 saturated carbocycles. The van der Waals surface area contributed by atoms with E-state index in [1.807, 2.05) is 294 Å². The molecular weight excluding hydrogens is 1560 g/mol. The molecule has 122 heavy (non-hydrogen) atoms. The molecule has 10 unspecified atom stereocenters. The average Bonchev–Trinajstić information content (AvgIpc) is 0.754. The highest BCUT2D eigenvalue weighted by Crippen LogP contribution is 2.42. The Labute approximate surface area is 714 Å². The third kappa shape index (κ3) is 24.4. The number of nitrogens with one attached hydrogen (secondary N) is 1. The number of hydrogen-bond donors (Lipinski definition) is 3. The zero-order valence-corrected chi connectivity index (χ0v) is 69.7. The molecule has 24 heteroatoms. The maximum absolute atomic E-state index is 14.4. The molecule has 0 radical (unpaired) electrons. The van der Waals surface area contributed by atoms with Crippen LogP contribution < -0.4 is 5.32 Å². The van der Waals surface area contributed by atoms with Crippen LogP contribution in [-0.2, 0) is 159 Å². The minimum Gasteiger partial charge on any atom is -0.454 e. The topological polar surface area (TPSA) is 262 Å². The van der Waals surface area contributed by atoms with Crippen LogP contribution in [0, 0.1) is 0 Å². The number of carbonyl (C=O) groups excluding carboxylic acids is 2. The van der Waals surface area contributed by atoms with Gasteiger partial charge in [-0.15, -0.1) is 0 Å². The van der Waals surface area contributed by atoms with Crippen molar-refractivity contribution in [1.29, 1.82) is 0 Å². The number of carbonyl (C=O) groups is 2. The van der Waals surface area contributed by atoms with Crippen LogP contribution in [0.2, 0.25) is 0 Å². The van der Waals surface area contributed by atoms with E-state index in [4.69, 9.17) is 90.0 Å². The molecule has 5 aliphatic rings. The maximum atomic E-state index is 14.4. The van der Waals surface area contributed by atoms with Crippen LogP contribution in [0.1, 0.15) is 91.6 Å². The summed E-state index contributed by atoms with van der Waals surface area (Å²) in [6.07, 6.45) is -28.9. The molecule has 5 heterocycles. The fourth-order valence-corrected chi connectivity index (χ4v) is 16.3. The molecule has 5 saturated heterocycles. The Hall–Kier alpha value is -8.88. The van der Waals surface area contributed by atoms with Gasteiger partial charge in [-0.2, -0.15) is 0 Å². The fourth-order valence-electron chi connectivity index (χ4n) is 16.3. The molecule has 648 valence electrons. The summed E-state index contributed by atoms with van der Waals surface area (Å²) in [5.41, 5.74) is 7.74. The largest absolute Gasteiger partial charge is 0.454 e. The van der Waals surface area contributed by atoms with Gasteiger partial charge < -0.3 is 106 Å². The van der Waals surface area contributed by atoms with Gasteiger partial charge in [-0.05, 0) is 77.8 Å². The van der Waals surface area contributed by atoms with Gasteiger partial charge in [0.05, 0.1) is 97.1 Å². The molecule has 0 bridgehead atoms. The lowest BCUT2D eigenvalue weighted by atomic mass is 9.93. The lowest BCUT2D eigenvalue weighted by Gasteiger charge is -2.53. The molecule has 5 fully saturated rings. The first-order valence-corrected chi connectivity index (χ1v) is 42.1. The van der Waals surface area contributed by atoms with Crippen LogP contribution in [0.25, 0.3) is 0 Å². The SMILES string of the molecule is CC(=O)NC1[C@H](OC2[C@H](OC3[C@H](C)OC(C)[C@H](OCc4ccccc4)[C@H]3OCc3ccccc3)OC(C)[C@H](OCc3ccccc3)[C@H]2O[C@H]2O[C@H](COCc3ccccc3)[C@@H](OCc3ccccc3)C(OCc3ccccc3)C2OCc2ccccc2)OC(CO)[C@H](O)[C@@H]1O[C@@H]1OC(C)[C@H](OCc2ccccc2)[C@@H](OCc2ccccc2)C1OC(C)=O. The van der Waals surface area contributed by atoms with Crippen molar-refractivity contribution in [3.8, 4) is 0 Å². The highest BCUT2D eigenvalue weighted by Gasteiger charge is 2.60. The monoisotopic (exact) mass is 1670 g/mol. The second-order valence-corrected chi connectivity index (χ2v) is 31.5. The Morgan fingerprint density at radius 3 is 0.951 bits per heavy atom. The molecular formula is C98H113NO23. The minimum atomic E-state index is -1.78. The van der Waals surface area contributed by atoms with Crippen molar-refractivity contribution in [3.63, 3.8) is 0 Å². The van der Waals surface area contributed by atoms with Crippen molar-refractivity contribution in [2.24, 2.45) is 0 Å². The number of aliphatic hydroxyl groups excluding tert-OH is 2. The second kappa shape index (κ2) is 45.1. The van der Waals surface area contributed by atoms with Gasteiger partial charge in [-0.25, -0.2) is 0 Å². The summed E-state index contributed by atoms with van der Waals surface area (Å²) in [5, 5.41) is 27.7. The average molecular weight is 1670 g/mol. The quantitative estimate of drug-likeness (QED) is 0.0302. The van der Waals surface area contributed by atoms with Crippen molar-refractivity contribution in [3.05, 3.63) is 323 Å². The van der Waals surface area contributed by atoms with Crippen molar-refractivity contribution in [2.75, 3.05) is 13.2 Å². The van der Waals surface area contributed by atoms with Gasteiger partial charge in [0.15, 0.2) is 31.3 Å².